The fourth-order valence-electron chi connectivity index (χ4n) is 3.41. The summed E-state index contributed by atoms with van der Waals surface area (Å²) < 4.78 is 11.4. The van der Waals surface area contributed by atoms with Gasteiger partial charge in [0, 0.05) is 19.2 Å². The highest BCUT2D eigenvalue weighted by Crippen LogP contribution is 2.30. The van der Waals surface area contributed by atoms with Crippen LogP contribution in [0.15, 0.2) is 24.3 Å². The Bertz CT molecular complexity index is 552. The normalized spacial score (nSPS) is 19.4. The quantitative estimate of drug-likeness (QED) is 0.776. The number of piperidine rings is 1. The number of hydrogen-bond acceptors (Lipinski definition) is 4. The second kappa shape index (κ2) is 9.41. The number of halogens is 1. The first-order valence-corrected chi connectivity index (χ1v) is 8.96. The van der Waals surface area contributed by atoms with Crippen LogP contribution in [-0.2, 0) is 16.1 Å². The average Bonchev–Trinajstić information content (AvgIpc) is 2.58. The molecule has 1 saturated heterocycles. The number of carbonyl (C=O) groups is 1. The minimum atomic E-state index is -0.413. The summed E-state index contributed by atoms with van der Waals surface area (Å²) in [5.41, 5.74) is 0.628. The van der Waals surface area contributed by atoms with Crippen LogP contribution in [0.25, 0.3) is 0 Å². The Labute approximate surface area is 156 Å². The molecule has 6 heteroatoms. The lowest BCUT2D eigenvalue weighted by atomic mass is 9.78. The first-order valence-electron chi connectivity index (χ1n) is 8.96. The van der Waals surface area contributed by atoms with Crippen molar-refractivity contribution in [1.29, 1.82) is 0 Å². The molecule has 1 aliphatic carbocycles. The number of benzene rings is 1. The zero-order valence-electron chi connectivity index (χ0n) is 14.9. The molecule has 0 bridgehead atoms. The number of hydrogen-bond donors (Lipinski definition) is 2. The Morgan fingerprint density at radius 3 is 2.64 bits per heavy atom. The highest BCUT2D eigenvalue weighted by molar-refractivity contribution is 5.85. The lowest BCUT2D eigenvalue weighted by molar-refractivity contribution is -0.136. The van der Waals surface area contributed by atoms with Gasteiger partial charge in [-0.25, -0.2) is 0 Å². The molecule has 0 unspecified atom stereocenters. The van der Waals surface area contributed by atoms with Gasteiger partial charge in [0.1, 0.15) is 5.75 Å². The van der Waals surface area contributed by atoms with Crippen LogP contribution in [0.4, 0.5) is 0 Å². The number of ether oxygens (including phenoxy) is 2. The van der Waals surface area contributed by atoms with Crippen molar-refractivity contribution in [2.24, 2.45) is 5.41 Å². The van der Waals surface area contributed by atoms with E-state index in [1.165, 1.54) is 6.42 Å². The van der Waals surface area contributed by atoms with Gasteiger partial charge in [0.15, 0.2) is 0 Å². The van der Waals surface area contributed by atoms with Crippen molar-refractivity contribution in [2.45, 2.75) is 44.8 Å². The van der Waals surface area contributed by atoms with Crippen LogP contribution in [0.3, 0.4) is 0 Å². The number of methoxy groups -OCH3 is 1. The van der Waals surface area contributed by atoms with Gasteiger partial charge in [-0.1, -0.05) is 18.2 Å². The molecule has 0 spiro atoms. The molecule has 1 aliphatic heterocycles. The fourth-order valence-corrected chi connectivity index (χ4v) is 3.41. The molecule has 0 atom stereocenters. The van der Waals surface area contributed by atoms with E-state index in [2.05, 4.69) is 10.6 Å². The molecule has 3 rings (SSSR count). The summed E-state index contributed by atoms with van der Waals surface area (Å²) in [4.78, 5) is 12.8. The highest BCUT2D eigenvalue weighted by atomic mass is 35.5. The number of nitrogens with one attached hydrogen (secondary N) is 2. The Morgan fingerprint density at radius 2 is 2.00 bits per heavy atom. The van der Waals surface area contributed by atoms with Gasteiger partial charge in [0.2, 0.25) is 5.91 Å². The molecule has 1 saturated carbocycles. The summed E-state index contributed by atoms with van der Waals surface area (Å²) in [7, 11) is 1.67. The predicted octanol–water partition coefficient (Wildman–Crippen LogP) is 2.67. The minimum absolute atomic E-state index is 0. The van der Waals surface area contributed by atoms with Gasteiger partial charge in [-0.2, -0.15) is 0 Å². The third-order valence-electron chi connectivity index (χ3n) is 5.22. The smallest absolute Gasteiger partial charge is 0.228 e. The first-order chi connectivity index (χ1) is 11.7. The molecular weight excluding hydrogens is 340 g/mol. The van der Waals surface area contributed by atoms with Gasteiger partial charge in [0.05, 0.1) is 18.1 Å². The average molecular weight is 369 g/mol. The SMILES string of the molecule is COCC1(C(=O)NCc2ccccc2OC2CCC2)CCNCC1.Cl. The monoisotopic (exact) mass is 368 g/mol. The van der Waals surface area contributed by atoms with Gasteiger partial charge < -0.3 is 20.1 Å². The van der Waals surface area contributed by atoms with E-state index in [9.17, 15) is 4.79 Å². The summed E-state index contributed by atoms with van der Waals surface area (Å²) in [6.07, 6.45) is 5.47. The predicted molar refractivity (Wildman–Crippen MR) is 100 cm³/mol. The first kappa shape index (κ1) is 20.0. The van der Waals surface area contributed by atoms with Gasteiger partial charge in [-0.3, -0.25) is 4.79 Å². The van der Waals surface area contributed by atoms with E-state index >= 15 is 0 Å². The third-order valence-corrected chi connectivity index (χ3v) is 5.22. The Morgan fingerprint density at radius 1 is 1.28 bits per heavy atom. The Hall–Kier alpha value is -1.30. The van der Waals surface area contributed by atoms with Gasteiger partial charge in [-0.15, -0.1) is 12.4 Å². The molecule has 25 heavy (non-hydrogen) atoms. The lowest BCUT2D eigenvalue weighted by Crippen LogP contribution is -2.50. The standard InChI is InChI=1S/C19H28N2O3.ClH/c1-23-14-19(9-11-20-12-10-19)18(22)21-13-15-5-2-3-8-17(15)24-16-6-4-7-16;/h2-3,5,8,16,20H,4,6-7,9-14H2,1H3,(H,21,22);1H. The van der Waals surface area contributed by atoms with Crippen LogP contribution < -0.4 is 15.4 Å². The molecule has 2 fully saturated rings. The number of amides is 1. The molecule has 1 aromatic rings. The van der Waals surface area contributed by atoms with Crippen molar-refractivity contribution in [2.75, 3.05) is 26.8 Å². The highest BCUT2D eigenvalue weighted by Gasteiger charge is 2.39. The number of para-hydroxylation sites is 1. The summed E-state index contributed by atoms with van der Waals surface area (Å²) in [6.45, 7) is 2.69. The lowest BCUT2D eigenvalue weighted by Gasteiger charge is -2.35. The maximum Gasteiger partial charge on any atom is 0.228 e. The van der Waals surface area contributed by atoms with E-state index in [0.717, 1.165) is 50.1 Å². The van der Waals surface area contributed by atoms with Crippen molar-refractivity contribution >= 4 is 18.3 Å². The van der Waals surface area contributed by atoms with Crippen molar-refractivity contribution in [3.05, 3.63) is 29.8 Å². The van der Waals surface area contributed by atoms with E-state index < -0.39 is 5.41 Å². The van der Waals surface area contributed by atoms with Crippen molar-refractivity contribution < 1.29 is 14.3 Å². The Kier molecular flexibility index (Phi) is 7.54. The maximum atomic E-state index is 12.8. The largest absolute Gasteiger partial charge is 0.490 e. The molecule has 140 valence electrons. The second-order valence-electron chi connectivity index (χ2n) is 6.92. The molecule has 2 N–H and O–H groups in total. The molecular formula is C19H29ClN2O3. The van der Waals surface area contributed by atoms with E-state index in [1.54, 1.807) is 7.11 Å². The molecule has 0 radical (unpaired) electrons. The number of carbonyl (C=O) groups excluding carboxylic acids is 1. The van der Waals surface area contributed by atoms with Crippen molar-refractivity contribution in [3.8, 4) is 5.75 Å². The minimum Gasteiger partial charge on any atom is -0.490 e. The van der Waals surface area contributed by atoms with Crippen LogP contribution >= 0.6 is 12.4 Å². The van der Waals surface area contributed by atoms with Gasteiger partial charge in [-0.05, 0) is 51.3 Å². The van der Waals surface area contributed by atoms with Crippen LogP contribution in [0.5, 0.6) is 5.75 Å². The van der Waals surface area contributed by atoms with Gasteiger partial charge in [0.25, 0.3) is 0 Å². The maximum absolute atomic E-state index is 12.8. The van der Waals surface area contributed by atoms with Crippen molar-refractivity contribution in [1.82, 2.24) is 10.6 Å². The third kappa shape index (κ3) is 4.87. The zero-order valence-corrected chi connectivity index (χ0v) is 15.7. The zero-order chi connectivity index (χ0) is 16.8. The summed E-state index contributed by atoms with van der Waals surface area (Å²) in [5.74, 6) is 0.984. The Balaban J connectivity index is 0.00000225. The molecule has 5 nitrogen and oxygen atoms in total. The molecule has 2 aliphatic rings. The molecule has 0 aromatic heterocycles. The second-order valence-corrected chi connectivity index (χ2v) is 6.92. The van der Waals surface area contributed by atoms with Crippen LogP contribution in [0.1, 0.15) is 37.7 Å². The molecule has 1 amide bonds. The molecule has 1 aromatic carbocycles. The summed E-state index contributed by atoms with van der Waals surface area (Å²) in [6, 6.07) is 8.00. The summed E-state index contributed by atoms with van der Waals surface area (Å²) >= 11 is 0. The number of rotatable bonds is 7. The van der Waals surface area contributed by atoms with Crippen LogP contribution in [0.2, 0.25) is 0 Å². The molecule has 1 heterocycles. The van der Waals surface area contributed by atoms with Gasteiger partial charge >= 0.3 is 0 Å². The summed E-state index contributed by atoms with van der Waals surface area (Å²) in [5, 5.41) is 6.43. The van der Waals surface area contributed by atoms with E-state index in [4.69, 9.17) is 9.47 Å². The fraction of sp³-hybridized carbons (Fsp3) is 0.632. The van der Waals surface area contributed by atoms with E-state index in [0.29, 0.717) is 19.3 Å². The van der Waals surface area contributed by atoms with Crippen LogP contribution in [-0.4, -0.2) is 38.8 Å². The van der Waals surface area contributed by atoms with E-state index in [1.807, 2.05) is 24.3 Å². The van der Waals surface area contributed by atoms with Crippen LogP contribution in [0, 0.1) is 5.41 Å². The topological polar surface area (TPSA) is 59.6 Å². The van der Waals surface area contributed by atoms with E-state index in [-0.39, 0.29) is 18.3 Å². The van der Waals surface area contributed by atoms with Crippen molar-refractivity contribution in [3.63, 3.8) is 0 Å².